The number of ether oxygens (including phenoxy) is 1. The van der Waals surface area contributed by atoms with E-state index in [-0.39, 0.29) is 28.9 Å². The molecular weight excluding hydrogens is 379 g/mol. The van der Waals surface area contributed by atoms with Crippen LogP contribution < -0.4 is 15.6 Å². The van der Waals surface area contributed by atoms with Crippen LogP contribution in [0.5, 0.6) is 5.75 Å². The van der Waals surface area contributed by atoms with Gasteiger partial charge in [0.2, 0.25) is 5.91 Å². The van der Waals surface area contributed by atoms with E-state index in [0.29, 0.717) is 11.4 Å². The van der Waals surface area contributed by atoms with Gasteiger partial charge in [0.05, 0.1) is 12.8 Å². The summed E-state index contributed by atoms with van der Waals surface area (Å²) in [5, 5.41) is 6.48. The molecule has 0 saturated heterocycles. The Morgan fingerprint density at radius 1 is 1.21 bits per heavy atom. The summed E-state index contributed by atoms with van der Waals surface area (Å²) < 4.78 is 25.5. The van der Waals surface area contributed by atoms with Crippen molar-refractivity contribution in [1.29, 1.82) is 0 Å². The van der Waals surface area contributed by atoms with Gasteiger partial charge in [0, 0.05) is 5.56 Å². The molecule has 2 heterocycles. The van der Waals surface area contributed by atoms with E-state index < -0.39 is 17.3 Å². The quantitative estimate of drug-likeness (QED) is 0.559. The third-order valence-corrected chi connectivity index (χ3v) is 4.29. The van der Waals surface area contributed by atoms with Crippen molar-refractivity contribution in [2.24, 2.45) is 0 Å². The van der Waals surface area contributed by atoms with Gasteiger partial charge in [0.1, 0.15) is 35.5 Å². The van der Waals surface area contributed by atoms with Crippen molar-refractivity contribution in [2.45, 2.75) is 6.54 Å². The molecule has 0 saturated carbocycles. The first-order valence-electron chi connectivity index (χ1n) is 8.61. The van der Waals surface area contributed by atoms with Gasteiger partial charge in [0.15, 0.2) is 0 Å². The zero-order valence-corrected chi connectivity index (χ0v) is 15.3. The van der Waals surface area contributed by atoms with E-state index in [1.807, 2.05) is 0 Å². The van der Waals surface area contributed by atoms with Gasteiger partial charge in [0.25, 0.3) is 11.3 Å². The van der Waals surface area contributed by atoms with Crippen LogP contribution in [-0.2, 0) is 11.3 Å². The Bertz CT molecular complexity index is 1260. The predicted octanol–water partition coefficient (Wildman–Crippen LogP) is 2.84. The van der Waals surface area contributed by atoms with Crippen molar-refractivity contribution in [3.05, 3.63) is 71.0 Å². The summed E-state index contributed by atoms with van der Waals surface area (Å²) in [6.07, 6.45) is 1.18. The summed E-state index contributed by atoms with van der Waals surface area (Å²) in [6.45, 7) is -0.304. The molecule has 0 aliphatic rings. The second-order valence-electron chi connectivity index (χ2n) is 6.12. The second-order valence-corrected chi connectivity index (χ2v) is 6.12. The number of methoxy groups -OCH3 is 1. The fourth-order valence-electron chi connectivity index (χ4n) is 2.92. The smallest absolute Gasteiger partial charge is 0.267 e. The minimum absolute atomic E-state index is 0.00249. The number of anilines is 1. The molecule has 0 aliphatic carbocycles. The van der Waals surface area contributed by atoms with Gasteiger partial charge in [-0.05, 0) is 24.3 Å². The van der Waals surface area contributed by atoms with E-state index in [2.05, 4.69) is 15.5 Å². The number of amides is 1. The molecule has 0 aliphatic heterocycles. The van der Waals surface area contributed by atoms with Gasteiger partial charge in [-0.25, -0.2) is 9.37 Å². The molecule has 4 aromatic rings. The van der Waals surface area contributed by atoms with Crippen LogP contribution in [0, 0.1) is 5.82 Å². The average molecular weight is 394 g/mol. The lowest BCUT2D eigenvalue weighted by Crippen LogP contribution is -2.28. The molecule has 0 fully saturated rings. The average Bonchev–Trinajstić information content (AvgIpc) is 3.15. The molecule has 29 heavy (non-hydrogen) atoms. The maximum Gasteiger partial charge on any atom is 0.267 e. The fraction of sp³-hybridized carbons (Fsp3) is 0.100. The number of fused-ring (bicyclic) bond motifs is 1. The van der Waals surface area contributed by atoms with Crippen molar-refractivity contribution < 1.29 is 18.4 Å². The summed E-state index contributed by atoms with van der Waals surface area (Å²) in [4.78, 5) is 29.4. The number of hydrogen-bond acceptors (Lipinski definition) is 6. The zero-order chi connectivity index (χ0) is 20.4. The number of benzene rings is 2. The molecule has 0 radical (unpaired) electrons. The first-order chi connectivity index (χ1) is 14.1. The third-order valence-electron chi connectivity index (χ3n) is 4.29. The lowest BCUT2D eigenvalue weighted by molar-refractivity contribution is -0.116. The molecule has 0 bridgehead atoms. The Kier molecular flexibility index (Phi) is 4.78. The number of halogens is 1. The van der Waals surface area contributed by atoms with E-state index in [1.54, 1.807) is 30.3 Å². The fourth-order valence-corrected chi connectivity index (χ4v) is 2.92. The molecular formula is C20H15FN4O4. The van der Waals surface area contributed by atoms with Crippen LogP contribution in [0.15, 0.2) is 64.2 Å². The van der Waals surface area contributed by atoms with Gasteiger partial charge in [-0.1, -0.05) is 29.4 Å². The number of rotatable bonds is 5. The van der Waals surface area contributed by atoms with Crippen LogP contribution in [0.1, 0.15) is 0 Å². The number of nitrogens with zero attached hydrogens (tertiary/aromatic N) is 3. The number of para-hydroxylation sites is 2. The van der Waals surface area contributed by atoms with E-state index in [9.17, 15) is 14.0 Å². The normalized spacial score (nSPS) is 10.8. The largest absolute Gasteiger partial charge is 0.495 e. The maximum absolute atomic E-state index is 14.1. The van der Waals surface area contributed by atoms with Crippen molar-refractivity contribution in [3.8, 4) is 17.0 Å². The Morgan fingerprint density at radius 3 is 2.76 bits per heavy atom. The van der Waals surface area contributed by atoms with Crippen LogP contribution in [-0.4, -0.2) is 27.7 Å². The molecule has 2 aromatic carbocycles. The van der Waals surface area contributed by atoms with Crippen molar-refractivity contribution >= 4 is 22.7 Å². The van der Waals surface area contributed by atoms with Gasteiger partial charge >= 0.3 is 0 Å². The van der Waals surface area contributed by atoms with Crippen molar-refractivity contribution in [3.63, 3.8) is 0 Å². The Hall–Kier alpha value is -4.01. The molecule has 1 N–H and O–H groups in total. The molecule has 146 valence electrons. The standard InChI is InChI=1S/C20H15FN4O4/c1-28-15-9-5-4-8-14(15)23-16(26)10-25-11-22-19-17(20(25)27)18(24-29-19)12-6-2-3-7-13(12)21/h2-9,11H,10H2,1H3,(H,23,26). The number of nitrogens with one attached hydrogen (secondary N) is 1. The molecule has 2 aromatic heterocycles. The van der Waals surface area contributed by atoms with Crippen LogP contribution in [0.2, 0.25) is 0 Å². The first-order valence-corrected chi connectivity index (χ1v) is 8.61. The Labute approximate surface area is 163 Å². The minimum atomic E-state index is -0.565. The molecule has 1 amide bonds. The number of hydrogen-bond donors (Lipinski definition) is 1. The molecule has 0 unspecified atom stereocenters. The van der Waals surface area contributed by atoms with Crippen molar-refractivity contribution in [1.82, 2.24) is 14.7 Å². The molecule has 4 rings (SSSR count). The number of carbonyl (C=O) groups is 1. The molecule has 9 heteroatoms. The summed E-state index contributed by atoms with van der Waals surface area (Å²) >= 11 is 0. The van der Waals surface area contributed by atoms with E-state index in [1.165, 1.54) is 31.6 Å². The van der Waals surface area contributed by atoms with Crippen LogP contribution in [0.4, 0.5) is 10.1 Å². The lowest BCUT2D eigenvalue weighted by Gasteiger charge is -2.10. The highest BCUT2D eigenvalue weighted by molar-refractivity contribution is 5.93. The maximum atomic E-state index is 14.1. The van der Waals surface area contributed by atoms with E-state index >= 15 is 0 Å². The minimum Gasteiger partial charge on any atom is -0.495 e. The van der Waals surface area contributed by atoms with E-state index in [4.69, 9.17) is 9.26 Å². The molecule has 0 spiro atoms. The van der Waals surface area contributed by atoms with Gasteiger partial charge in [-0.15, -0.1) is 0 Å². The van der Waals surface area contributed by atoms with E-state index in [0.717, 1.165) is 4.57 Å². The van der Waals surface area contributed by atoms with Crippen LogP contribution in [0.3, 0.4) is 0 Å². The van der Waals surface area contributed by atoms with Crippen molar-refractivity contribution in [2.75, 3.05) is 12.4 Å². The van der Waals surface area contributed by atoms with Gasteiger partial charge in [-0.3, -0.25) is 14.2 Å². The highest BCUT2D eigenvalue weighted by atomic mass is 19.1. The van der Waals surface area contributed by atoms with Crippen LogP contribution >= 0.6 is 0 Å². The SMILES string of the molecule is COc1ccccc1NC(=O)Cn1cnc2onc(-c3ccccc3F)c2c1=O. The molecule has 8 nitrogen and oxygen atoms in total. The summed E-state index contributed by atoms with van der Waals surface area (Å²) in [6, 6.07) is 12.8. The summed E-state index contributed by atoms with van der Waals surface area (Å²) in [5.74, 6) is -0.518. The highest BCUT2D eigenvalue weighted by Gasteiger charge is 2.20. The third kappa shape index (κ3) is 3.45. The lowest BCUT2D eigenvalue weighted by atomic mass is 10.1. The Balaban J connectivity index is 1.68. The summed E-state index contributed by atoms with van der Waals surface area (Å²) in [5.41, 5.74) is 0.0230. The second kappa shape index (κ2) is 7.55. The van der Waals surface area contributed by atoms with Crippen LogP contribution in [0.25, 0.3) is 22.4 Å². The number of carbonyl (C=O) groups excluding carboxylic acids is 1. The predicted molar refractivity (Wildman–Crippen MR) is 103 cm³/mol. The van der Waals surface area contributed by atoms with Gasteiger partial charge < -0.3 is 14.6 Å². The topological polar surface area (TPSA) is 99.2 Å². The van der Waals surface area contributed by atoms with Gasteiger partial charge in [-0.2, -0.15) is 0 Å². The zero-order valence-electron chi connectivity index (χ0n) is 15.3. The first kappa shape index (κ1) is 18.4. The molecule has 0 atom stereocenters. The highest BCUT2D eigenvalue weighted by Crippen LogP contribution is 2.26. The number of aromatic nitrogens is 3. The Morgan fingerprint density at radius 2 is 1.97 bits per heavy atom. The monoisotopic (exact) mass is 394 g/mol. The summed E-state index contributed by atoms with van der Waals surface area (Å²) in [7, 11) is 1.49.